The fraction of sp³-hybridized carbons (Fsp3) is 0.407. The van der Waals surface area contributed by atoms with Crippen molar-refractivity contribution in [3.05, 3.63) is 64.6 Å². The number of methoxy groups -OCH3 is 1. The zero-order valence-electron chi connectivity index (χ0n) is 23.6. The van der Waals surface area contributed by atoms with E-state index in [2.05, 4.69) is 15.0 Å². The standard InChI is InChI=1S/C27H23F9N4O4S/c1-12-20(13-5-14(25(28,29)30)7-15(6-13)26(31,32)33)44-23(41)40(12)11-19-18(10-38-22(39-19)45-4)17-8-16(9-37-21(17)43-3)24(2,42)27(34,35)36/h5-10,12,20,42H,11H2,1-4H3/t12-,20-,24?/m0/s1. The molecule has 244 valence electrons. The van der Waals surface area contributed by atoms with E-state index in [0.717, 1.165) is 28.9 Å². The van der Waals surface area contributed by atoms with Crippen LogP contribution in [-0.2, 0) is 29.2 Å². The summed E-state index contributed by atoms with van der Waals surface area (Å²) in [5.74, 6) is -0.197. The van der Waals surface area contributed by atoms with Crippen molar-refractivity contribution in [3.63, 3.8) is 0 Å². The summed E-state index contributed by atoms with van der Waals surface area (Å²) in [5.41, 5.74) is -7.82. The summed E-state index contributed by atoms with van der Waals surface area (Å²) in [7, 11) is 1.18. The van der Waals surface area contributed by atoms with E-state index in [1.54, 1.807) is 6.26 Å². The third-order valence-corrected chi connectivity index (χ3v) is 7.69. The Morgan fingerprint density at radius 3 is 2.04 bits per heavy atom. The molecule has 45 heavy (non-hydrogen) atoms. The minimum Gasteiger partial charge on any atom is -0.481 e. The van der Waals surface area contributed by atoms with Gasteiger partial charge < -0.3 is 14.6 Å². The number of carbonyl (C=O) groups is 1. The predicted octanol–water partition coefficient (Wildman–Crippen LogP) is 7.16. The number of hydrogen-bond donors (Lipinski definition) is 1. The van der Waals surface area contributed by atoms with Crippen LogP contribution in [0.4, 0.5) is 44.3 Å². The molecule has 1 fully saturated rings. The molecule has 1 aliphatic heterocycles. The monoisotopic (exact) mass is 670 g/mol. The first-order chi connectivity index (χ1) is 20.7. The summed E-state index contributed by atoms with van der Waals surface area (Å²) in [6.07, 6.45) is -14.4. The van der Waals surface area contributed by atoms with Crippen LogP contribution in [0.25, 0.3) is 11.1 Å². The number of hydrogen-bond acceptors (Lipinski definition) is 8. The first-order valence-electron chi connectivity index (χ1n) is 12.7. The molecule has 1 amide bonds. The zero-order chi connectivity index (χ0) is 33.7. The van der Waals surface area contributed by atoms with Crippen LogP contribution in [0.1, 0.15) is 47.9 Å². The topological polar surface area (TPSA) is 97.7 Å². The molecular formula is C27H23F9N4O4S. The number of nitrogens with zero attached hydrogens (tertiary/aromatic N) is 4. The SMILES string of the molecule is COc1ncc(C(C)(O)C(F)(F)F)cc1-c1cnc(SC)nc1CN1C(=O)O[C@H](c2cc(C(F)(F)F)cc(C(F)(F)F)c2)[C@@H]1C. The lowest BCUT2D eigenvalue weighted by Crippen LogP contribution is -2.39. The number of benzene rings is 1. The Morgan fingerprint density at radius 2 is 1.53 bits per heavy atom. The van der Waals surface area contributed by atoms with Gasteiger partial charge in [-0.05, 0) is 49.9 Å². The van der Waals surface area contributed by atoms with Crippen molar-refractivity contribution in [2.45, 2.75) is 61.8 Å². The molecule has 3 heterocycles. The van der Waals surface area contributed by atoms with E-state index in [4.69, 9.17) is 9.47 Å². The maximum Gasteiger partial charge on any atom is 0.421 e. The highest BCUT2D eigenvalue weighted by Crippen LogP contribution is 2.43. The highest BCUT2D eigenvalue weighted by atomic mass is 32.2. The van der Waals surface area contributed by atoms with Gasteiger partial charge in [-0.25, -0.2) is 19.7 Å². The number of rotatable bonds is 7. The molecule has 0 spiro atoms. The Morgan fingerprint density at radius 1 is 0.933 bits per heavy atom. The van der Waals surface area contributed by atoms with Gasteiger partial charge >= 0.3 is 24.6 Å². The molecule has 8 nitrogen and oxygen atoms in total. The van der Waals surface area contributed by atoms with E-state index in [1.165, 1.54) is 20.2 Å². The third kappa shape index (κ3) is 6.75. The molecule has 0 aliphatic carbocycles. The number of thioether (sulfide) groups is 1. The number of pyridine rings is 1. The minimum atomic E-state index is -5.13. The Labute approximate surface area is 253 Å². The van der Waals surface area contributed by atoms with Crippen LogP contribution in [0.15, 0.2) is 41.8 Å². The molecule has 3 atom stereocenters. The van der Waals surface area contributed by atoms with Crippen molar-refractivity contribution in [2.75, 3.05) is 13.4 Å². The zero-order valence-corrected chi connectivity index (χ0v) is 24.4. The summed E-state index contributed by atoms with van der Waals surface area (Å²) in [5, 5.41) is 10.4. The van der Waals surface area contributed by atoms with Crippen LogP contribution in [-0.4, -0.2) is 56.6 Å². The van der Waals surface area contributed by atoms with E-state index in [9.17, 15) is 49.4 Å². The Balaban J connectivity index is 1.78. The first-order valence-corrected chi connectivity index (χ1v) is 13.9. The quantitative estimate of drug-likeness (QED) is 0.161. The summed E-state index contributed by atoms with van der Waals surface area (Å²) >= 11 is 1.07. The van der Waals surface area contributed by atoms with Crippen LogP contribution in [0, 0.1) is 0 Å². The average Bonchev–Trinajstić information content (AvgIpc) is 3.23. The number of aliphatic hydroxyl groups is 1. The van der Waals surface area contributed by atoms with Gasteiger partial charge in [0, 0.05) is 29.1 Å². The number of aromatic nitrogens is 3. The highest BCUT2D eigenvalue weighted by molar-refractivity contribution is 7.98. The Kier molecular flexibility index (Phi) is 8.97. The Hall–Kier alpha value is -3.80. The smallest absolute Gasteiger partial charge is 0.421 e. The molecular weight excluding hydrogens is 647 g/mol. The van der Waals surface area contributed by atoms with Crippen LogP contribution in [0.3, 0.4) is 0 Å². The van der Waals surface area contributed by atoms with Crippen LogP contribution >= 0.6 is 11.8 Å². The van der Waals surface area contributed by atoms with Crippen molar-refractivity contribution in [2.24, 2.45) is 0 Å². The minimum absolute atomic E-state index is 0.00252. The molecule has 1 N–H and O–H groups in total. The van der Waals surface area contributed by atoms with Crippen LogP contribution in [0.2, 0.25) is 0 Å². The van der Waals surface area contributed by atoms with E-state index in [1.807, 2.05) is 0 Å². The fourth-order valence-corrected chi connectivity index (χ4v) is 4.90. The van der Waals surface area contributed by atoms with Gasteiger partial charge in [0.05, 0.1) is 36.5 Å². The van der Waals surface area contributed by atoms with Crippen molar-refractivity contribution in [1.82, 2.24) is 19.9 Å². The van der Waals surface area contributed by atoms with Gasteiger partial charge in [0.2, 0.25) is 5.88 Å². The van der Waals surface area contributed by atoms with Crippen molar-refractivity contribution < 1.29 is 58.9 Å². The molecule has 1 aliphatic rings. The maximum atomic E-state index is 13.6. The second kappa shape index (κ2) is 11.9. The lowest BCUT2D eigenvalue weighted by atomic mass is 9.94. The van der Waals surface area contributed by atoms with Gasteiger partial charge in [-0.1, -0.05) is 11.8 Å². The van der Waals surface area contributed by atoms with Gasteiger partial charge in [0.25, 0.3) is 0 Å². The number of amides is 1. The molecule has 18 heteroatoms. The first kappa shape index (κ1) is 34.1. The van der Waals surface area contributed by atoms with Gasteiger partial charge in [0.1, 0.15) is 6.10 Å². The van der Waals surface area contributed by atoms with Gasteiger partial charge in [-0.15, -0.1) is 0 Å². The molecule has 4 rings (SSSR count). The largest absolute Gasteiger partial charge is 0.481 e. The third-order valence-electron chi connectivity index (χ3n) is 7.13. The molecule has 0 radical (unpaired) electrons. The van der Waals surface area contributed by atoms with Crippen molar-refractivity contribution in [3.8, 4) is 17.0 Å². The normalized spacial score (nSPS) is 19.0. The second-order valence-electron chi connectivity index (χ2n) is 10.1. The van der Waals surface area contributed by atoms with Gasteiger partial charge in [-0.2, -0.15) is 39.5 Å². The van der Waals surface area contributed by atoms with E-state index in [0.29, 0.717) is 19.1 Å². The lowest BCUT2D eigenvalue weighted by molar-refractivity contribution is -0.259. The van der Waals surface area contributed by atoms with Crippen molar-refractivity contribution >= 4 is 17.9 Å². The van der Waals surface area contributed by atoms with Gasteiger partial charge in [0.15, 0.2) is 10.8 Å². The molecule has 1 aromatic carbocycles. The molecule has 3 aromatic rings. The predicted molar refractivity (Wildman–Crippen MR) is 140 cm³/mol. The Bertz CT molecular complexity index is 1560. The maximum absolute atomic E-state index is 13.6. The van der Waals surface area contributed by atoms with Crippen LogP contribution < -0.4 is 4.74 Å². The number of cyclic esters (lactones) is 1. The summed E-state index contributed by atoms with van der Waals surface area (Å²) in [6, 6.07) is 0.689. The van der Waals surface area contributed by atoms with Crippen LogP contribution in [0.5, 0.6) is 5.88 Å². The number of alkyl halides is 9. The summed E-state index contributed by atoms with van der Waals surface area (Å²) in [4.78, 5) is 26.3. The fourth-order valence-electron chi connectivity index (χ4n) is 4.54. The molecule has 0 saturated carbocycles. The summed E-state index contributed by atoms with van der Waals surface area (Å²) < 4.78 is 132. The number of halogens is 9. The van der Waals surface area contributed by atoms with Gasteiger partial charge in [-0.3, -0.25) is 4.90 Å². The summed E-state index contributed by atoms with van der Waals surface area (Å²) in [6.45, 7) is 1.40. The molecule has 0 bridgehead atoms. The van der Waals surface area contributed by atoms with E-state index in [-0.39, 0.29) is 33.9 Å². The number of ether oxygens (including phenoxy) is 2. The lowest BCUT2D eigenvalue weighted by Gasteiger charge is -2.27. The molecule has 1 saturated heterocycles. The molecule has 2 aromatic heterocycles. The van der Waals surface area contributed by atoms with E-state index < -0.39 is 71.2 Å². The molecule has 1 unspecified atom stereocenters. The average molecular weight is 671 g/mol. The second-order valence-corrected chi connectivity index (χ2v) is 10.9. The number of carbonyl (C=O) groups excluding carboxylic acids is 1. The van der Waals surface area contributed by atoms with E-state index >= 15 is 0 Å². The van der Waals surface area contributed by atoms with Crippen molar-refractivity contribution in [1.29, 1.82) is 0 Å². The highest BCUT2D eigenvalue weighted by Gasteiger charge is 2.52.